The number of hydrogen-bond acceptors (Lipinski definition) is 6. The summed E-state index contributed by atoms with van der Waals surface area (Å²) in [5.41, 5.74) is 3.43. The highest BCUT2D eigenvalue weighted by Gasteiger charge is 2.29. The van der Waals surface area contributed by atoms with Crippen molar-refractivity contribution in [2.75, 3.05) is 10.8 Å². The van der Waals surface area contributed by atoms with Crippen molar-refractivity contribution in [3.8, 4) is 5.75 Å². The summed E-state index contributed by atoms with van der Waals surface area (Å²) in [5.74, 6) is -1.65. The van der Waals surface area contributed by atoms with Crippen LogP contribution >= 0.6 is 0 Å². The Bertz CT molecular complexity index is 1310. The Morgan fingerprint density at radius 3 is 2.29 bits per heavy atom. The van der Waals surface area contributed by atoms with E-state index in [-0.39, 0.29) is 10.6 Å². The molecular formula is C24H22FN3O5S. The van der Waals surface area contributed by atoms with Gasteiger partial charge in [0.15, 0.2) is 0 Å². The number of benzene rings is 3. The number of ether oxygens (including phenoxy) is 1. The molecule has 0 bridgehead atoms. The summed E-state index contributed by atoms with van der Waals surface area (Å²) in [6.07, 6.45) is 1.33. The maximum Gasteiger partial charge on any atom is 0.308 e. The summed E-state index contributed by atoms with van der Waals surface area (Å²) in [4.78, 5) is 23.4. The molecule has 0 aliphatic heterocycles. The number of halogens is 1. The number of anilines is 1. The van der Waals surface area contributed by atoms with E-state index in [4.69, 9.17) is 4.74 Å². The zero-order valence-electron chi connectivity index (χ0n) is 18.4. The van der Waals surface area contributed by atoms with Gasteiger partial charge < -0.3 is 4.74 Å². The van der Waals surface area contributed by atoms with Crippen LogP contribution in [0, 0.1) is 12.7 Å². The number of carbonyl (C=O) groups is 2. The number of carbonyl (C=O) groups excluding carboxylic acids is 2. The van der Waals surface area contributed by atoms with E-state index >= 15 is 0 Å². The first kappa shape index (κ1) is 24.6. The first-order valence-corrected chi connectivity index (χ1v) is 11.5. The first-order chi connectivity index (χ1) is 16.2. The molecule has 0 radical (unpaired) electrons. The maximum atomic E-state index is 14.5. The van der Waals surface area contributed by atoms with Gasteiger partial charge in [0.2, 0.25) is 0 Å². The number of esters is 1. The average molecular weight is 484 g/mol. The van der Waals surface area contributed by atoms with Crippen LogP contribution in [0.25, 0.3) is 0 Å². The predicted molar refractivity (Wildman–Crippen MR) is 126 cm³/mol. The van der Waals surface area contributed by atoms with Crippen LogP contribution in [0.5, 0.6) is 5.75 Å². The normalized spacial score (nSPS) is 11.3. The summed E-state index contributed by atoms with van der Waals surface area (Å²) in [6.45, 7) is 2.40. The van der Waals surface area contributed by atoms with Crippen molar-refractivity contribution in [3.05, 3.63) is 89.7 Å². The molecule has 0 aliphatic carbocycles. The summed E-state index contributed by atoms with van der Waals surface area (Å²) < 4.78 is 46.6. The van der Waals surface area contributed by atoms with Gasteiger partial charge in [-0.1, -0.05) is 29.8 Å². The van der Waals surface area contributed by atoms with Gasteiger partial charge in [-0.05, 0) is 61.0 Å². The molecule has 0 atom stereocenters. The van der Waals surface area contributed by atoms with E-state index < -0.39 is 34.3 Å². The zero-order valence-corrected chi connectivity index (χ0v) is 19.3. The smallest absolute Gasteiger partial charge is 0.308 e. The lowest BCUT2D eigenvalue weighted by molar-refractivity contribution is -0.131. The van der Waals surface area contributed by atoms with Gasteiger partial charge in [0, 0.05) is 6.92 Å². The highest BCUT2D eigenvalue weighted by molar-refractivity contribution is 7.92. The Morgan fingerprint density at radius 1 is 1.03 bits per heavy atom. The van der Waals surface area contributed by atoms with Crippen LogP contribution in [0.3, 0.4) is 0 Å². The van der Waals surface area contributed by atoms with E-state index in [2.05, 4.69) is 10.5 Å². The van der Waals surface area contributed by atoms with Crippen molar-refractivity contribution in [2.45, 2.75) is 18.7 Å². The van der Waals surface area contributed by atoms with Crippen LogP contribution < -0.4 is 14.5 Å². The second-order valence-corrected chi connectivity index (χ2v) is 9.09. The standard InChI is InChI=1S/C24H22FN3O5S/c1-17-7-13-21(14-8-17)34(31,32)28(23-6-4-3-5-22(23)25)16-24(30)27-26-15-19-9-11-20(12-10-19)33-18(2)29/h3-15H,16H2,1-2H3,(H,27,30)/b26-15-. The molecule has 0 aliphatic rings. The van der Waals surface area contributed by atoms with Crippen LogP contribution in [0.2, 0.25) is 0 Å². The van der Waals surface area contributed by atoms with Crippen molar-refractivity contribution in [3.63, 3.8) is 0 Å². The highest BCUT2D eigenvalue weighted by Crippen LogP contribution is 2.26. The zero-order chi connectivity index (χ0) is 24.7. The van der Waals surface area contributed by atoms with E-state index in [1.807, 2.05) is 0 Å². The number of amides is 1. The monoisotopic (exact) mass is 483 g/mol. The molecule has 8 nitrogen and oxygen atoms in total. The molecule has 3 aromatic carbocycles. The Morgan fingerprint density at radius 2 is 1.68 bits per heavy atom. The van der Waals surface area contributed by atoms with Crippen molar-refractivity contribution >= 4 is 33.8 Å². The molecule has 0 unspecified atom stereocenters. The molecule has 0 saturated carbocycles. The van der Waals surface area contributed by atoms with Crippen LogP contribution in [0.1, 0.15) is 18.1 Å². The van der Waals surface area contributed by atoms with Gasteiger partial charge in [0.05, 0.1) is 16.8 Å². The number of aryl methyl sites for hydroxylation is 1. The van der Waals surface area contributed by atoms with E-state index in [0.29, 0.717) is 15.6 Å². The third-order valence-corrected chi connectivity index (χ3v) is 6.34. The molecule has 0 spiro atoms. The Hall–Kier alpha value is -4.05. The Balaban J connectivity index is 1.78. The van der Waals surface area contributed by atoms with Crippen molar-refractivity contribution in [2.24, 2.45) is 5.10 Å². The van der Waals surface area contributed by atoms with Gasteiger partial charge in [-0.25, -0.2) is 18.2 Å². The summed E-state index contributed by atoms with van der Waals surface area (Å²) in [7, 11) is -4.24. The number of nitrogens with one attached hydrogen (secondary N) is 1. The summed E-state index contributed by atoms with van der Waals surface area (Å²) in [6, 6.07) is 17.7. The summed E-state index contributed by atoms with van der Waals surface area (Å²) in [5, 5.41) is 3.82. The van der Waals surface area contributed by atoms with Crippen LogP contribution in [0.15, 0.2) is 82.8 Å². The molecular weight excluding hydrogens is 461 g/mol. The number of para-hydroxylation sites is 1. The first-order valence-electron chi connectivity index (χ1n) is 10.1. The topological polar surface area (TPSA) is 105 Å². The minimum absolute atomic E-state index is 0.0782. The average Bonchev–Trinajstić information content (AvgIpc) is 2.79. The minimum Gasteiger partial charge on any atom is -0.427 e. The highest BCUT2D eigenvalue weighted by atomic mass is 32.2. The molecule has 0 aromatic heterocycles. The third kappa shape index (κ3) is 6.26. The Kier molecular flexibility index (Phi) is 7.75. The quantitative estimate of drug-likeness (QED) is 0.229. The predicted octanol–water partition coefficient (Wildman–Crippen LogP) is 3.41. The largest absolute Gasteiger partial charge is 0.427 e. The van der Waals surface area contributed by atoms with Gasteiger partial charge in [0.25, 0.3) is 15.9 Å². The maximum absolute atomic E-state index is 14.5. The van der Waals surface area contributed by atoms with Gasteiger partial charge in [-0.15, -0.1) is 0 Å². The second kappa shape index (κ2) is 10.7. The molecule has 34 heavy (non-hydrogen) atoms. The van der Waals surface area contributed by atoms with Gasteiger partial charge in [-0.3, -0.25) is 13.9 Å². The van der Waals surface area contributed by atoms with Crippen LogP contribution in [-0.4, -0.2) is 33.1 Å². The number of nitrogens with zero attached hydrogens (tertiary/aromatic N) is 2. The van der Waals surface area contributed by atoms with E-state index in [9.17, 15) is 22.4 Å². The summed E-state index contributed by atoms with van der Waals surface area (Å²) >= 11 is 0. The fourth-order valence-electron chi connectivity index (χ4n) is 2.92. The van der Waals surface area contributed by atoms with Crippen LogP contribution in [-0.2, 0) is 19.6 Å². The fourth-order valence-corrected chi connectivity index (χ4v) is 4.35. The molecule has 3 aromatic rings. The molecule has 10 heteroatoms. The number of rotatable bonds is 8. The van der Waals surface area contributed by atoms with Crippen molar-refractivity contribution in [1.29, 1.82) is 0 Å². The van der Waals surface area contributed by atoms with Crippen LogP contribution in [0.4, 0.5) is 10.1 Å². The van der Waals surface area contributed by atoms with Gasteiger partial charge in [-0.2, -0.15) is 5.10 Å². The van der Waals surface area contributed by atoms with Crippen molar-refractivity contribution < 1.29 is 27.1 Å². The lowest BCUT2D eigenvalue weighted by Crippen LogP contribution is -2.40. The van der Waals surface area contributed by atoms with E-state index in [1.54, 1.807) is 43.3 Å². The molecule has 0 fully saturated rings. The number of sulfonamides is 1. The van der Waals surface area contributed by atoms with Gasteiger partial charge >= 0.3 is 5.97 Å². The minimum atomic E-state index is -4.24. The second-order valence-electron chi connectivity index (χ2n) is 7.23. The van der Waals surface area contributed by atoms with Crippen molar-refractivity contribution in [1.82, 2.24) is 5.43 Å². The fraction of sp³-hybridized carbons (Fsp3) is 0.125. The third-order valence-electron chi connectivity index (χ3n) is 4.56. The molecule has 0 heterocycles. The Labute approximate surface area is 196 Å². The lowest BCUT2D eigenvalue weighted by Gasteiger charge is -2.24. The van der Waals surface area contributed by atoms with E-state index in [0.717, 1.165) is 11.6 Å². The number of hydrazone groups is 1. The molecule has 1 N–H and O–H groups in total. The molecule has 176 valence electrons. The lowest BCUT2D eigenvalue weighted by atomic mass is 10.2. The molecule has 3 rings (SSSR count). The van der Waals surface area contributed by atoms with Gasteiger partial charge in [0.1, 0.15) is 18.1 Å². The number of hydrogen-bond donors (Lipinski definition) is 1. The SMILES string of the molecule is CC(=O)Oc1ccc(/C=N\NC(=O)CN(c2ccccc2F)S(=O)(=O)c2ccc(C)cc2)cc1. The molecule has 1 amide bonds. The van der Waals surface area contributed by atoms with E-state index in [1.165, 1.54) is 43.5 Å². The molecule has 0 saturated heterocycles.